The first-order valence-electron chi connectivity index (χ1n) is 10.7. The Kier molecular flexibility index (Phi) is 5.41. The van der Waals surface area contributed by atoms with Crippen LogP contribution in [-0.2, 0) is 6.42 Å². The minimum absolute atomic E-state index is 0.265. The number of aryl methyl sites for hydroxylation is 1. The number of pyridine rings is 1. The van der Waals surface area contributed by atoms with Crippen molar-refractivity contribution in [1.82, 2.24) is 24.1 Å². The number of anilines is 2. The van der Waals surface area contributed by atoms with E-state index in [2.05, 4.69) is 44.2 Å². The lowest BCUT2D eigenvalue weighted by Crippen LogP contribution is -2.26. The summed E-state index contributed by atoms with van der Waals surface area (Å²) in [6.07, 6.45) is 5.38. The first-order chi connectivity index (χ1) is 15.1. The van der Waals surface area contributed by atoms with E-state index in [4.69, 9.17) is 9.97 Å². The third kappa shape index (κ3) is 3.81. The molecule has 4 aromatic rings. The standard InChI is InChI=1S/C23H25FN6S/c1-3-19-22(29(2)23-27-21(28-31-23)16-4-7-18(24)8-5-16)30-14-17(6-9-20(30)26-19)15-10-12-25-13-11-15/h4-9,14-15,25H,3,10-13H2,1-2H3. The van der Waals surface area contributed by atoms with Crippen LogP contribution < -0.4 is 10.2 Å². The van der Waals surface area contributed by atoms with Crippen molar-refractivity contribution < 1.29 is 4.39 Å². The van der Waals surface area contributed by atoms with Crippen LogP contribution in [0.3, 0.4) is 0 Å². The molecule has 0 bridgehead atoms. The Morgan fingerprint density at radius 1 is 1.13 bits per heavy atom. The molecular formula is C23H25FN6S. The fourth-order valence-corrected chi connectivity index (χ4v) is 4.90. The molecule has 3 aromatic heterocycles. The average Bonchev–Trinajstić information content (AvgIpc) is 3.44. The zero-order valence-corrected chi connectivity index (χ0v) is 18.5. The Labute approximate surface area is 184 Å². The summed E-state index contributed by atoms with van der Waals surface area (Å²) >= 11 is 1.34. The monoisotopic (exact) mass is 436 g/mol. The molecule has 0 aliphatic carbocycles. The topological polar surface area (TPSA) is 58.4 Å². The van der Waals surface area contributed by atoms with E-state index in [1.807, 2.05) is 7.05 Å². The van der Waals surface area contributed by atoms with Gasteiger partial charge in [-0.25, -0.2) is 9.37 Å². The summed E-state index contributed by atoms with van der Waals surface area (Å²) < 4.78 is 20.0. The zero-order chi connectivity index (χ0) is 21.4. The molecule has 0 radical (unpaired) electrons. The number of halogens is 1. The first kappa shape index (κ1) is 20.1. The van der Waals surface area contributed by atoms with Crippen LogP contribution >= 0.6 is 11.5 Å². The molecule has 1 aromatic carbocycles. The van der Waals surface area contributed by atoms with E-state index in [9.17, 15) is 4.39 Å². The molecule has 0 spiro atoms. The second kappa shape index (κ2) is 8.36. The number of imidazole rings is 1. The van der Waals surface area contributed by atoms with Crippen molar-refractivity contribution in [3.05, 3.63) is 59.7 Å². The smallest absolute Gasteiger partial charge is 0.210 e. The molecule has 31 heavy (non-hydrogen) atoms. The summed E-state index contributed by atoms with van der Waals surface area (Å²) in [4.78, 5) is 11.6. The van der Waals surface area contributed by atoms with Crippen molar-refractivity contribution in [1.29, 1.82) is 0 Å². The molecular weight excluding hydrogens is 411 g/mol. The third-order valence-electron chi connectivity index (χ3n) is 5.95. The van der Waals surface area contributed by atoms with Crippen molar-refractivity contribution in [2.24, 2.45) is 0 Å². The summed E-state index contributed by atoms with van der Waals surface area (Å²) in [6, 6.07) is 10.6. The highest BCUT2D eigenvalue weighted by Gasteiger charge is 2.22. The lowest BCUT2D eigenvalue weighted by molar-refractivity contribution is 0.459. The van der Waals surface area contributed by atoms with Gasteiger partial charge in [0.25, 0.3) is 0 Å². The van der Waals surface area contributed by atoms with E-state index in [0.29, 0.717) is 11.7 Å². The van der Waals surface area contributed by atoms with Gasteiger partial charge in [-0.3, -0.25) is 4.40 Å². The van der Waals surface area contributed by atoms with Crippen LogP contribution in [0.5, 0.6) is 0 Å². The van der Waals surface area contributed by atoms with Gasteiger partial charge in [-0.2, -0.15) is 9.36 Å². The highest BCUT2D eigenvalue weighted by Crippen LogP contribution is 2.33. The minimum atomic E-state index is -0.265. The van der Waals surface area contributed by atoms with Gasteiger partial charge in [0.15, 0.2) is 5.82 Å². The molecule has 1 fully saturated rings. The van der Waals surface area contributed by atoms with Gasteiger partial charge in [0.1, 0.15) is 17.3 Å². The predicted octanol–water partition coefficient (Wildman–Crippen LogP) is 4.79. The van der Waals surface area contributed by atoms with Gasteiger partial charge in [-0.1, -0.05) is 13.0 Å². The zero-order valence-electron chi connectivity index (χ0n) is 17.7. The molecule has 1 aliphatic heterocycles. The van der Waals surface area contributed by atoms with Crippen molar-refractivity contribution in [2.45, 2.75) is 32.1 Å². The van der Waals surface area contributed by atoms with Gasteiger partial charge in [0.2, 0.25) is 5.13 Å². The highest BCUT2D eigenvalue weighted by molar-refractivity contribution is 7.10. The van der Waals surface area contributed by atoms with Crippen LogP contribution in [-0.4, -0.2) is 38.9 Å². The van der Waals surface area contributed by atoms with Gasteiger partial charge in [-0.05, 0) is 74.2 Å². The maximum absolute atomic E-state index is 13.3. The molecule has 5 rings (SSSR count). The molecule has 1 saturated heterocycles. The molecule has 0 atom stereocenters. The molecule has 6 nitrogen and oxygen atoms in total. The lowest BCUT2D eigenvalue weighted by Gasteiger charge is -2.23. The molecule has 1 N–H and O–H groups in total. The third-order valence-corrected chi connectivity index (χ3v) is 6.75. The second-order valence-electron chi connectivity index (χ2n) is 7.92. The molecule has 0 amide bonds. The minimum Gasteiger partial charge on any atom is -0.317 e. The van der Waals surface area contributed by atoms with Gasteiger partial charge in [0.05, 0.1) is 5.69 Å². The molecule has 1 aliphatic rings. The van der Waals surface area contributed by atoms with E-state index in [-0.39, 0.29) is 5.82 Å². The van der Waals surface area contributed by atoms with E-state index in [1.165, 1.54) is 29.2 Å². The largest absolute Gasteiger partial charge is 0.317 e. The average molecular weight is 437 g/mol. The summed E-state index contributed by atoms with van der Waals surface area (Å²) in [6.45, 7) is 4.25. The van der Waals surface area contributed by atoms with Crippen LogP contribution in [0, 0.1) is 5.82 Å². The van der Waals surface area contributed by atoms with Crippen molar-refractivity contribution in [3.8, 4) is 11.4 Å². The molecule has 0 unspecified atom stereocenters. The van der Waals surface area contributed by atoms with E-state index in [0.717, 1.165) is 60.2 Å². The summed E-state index contributed by atoms with van der Waals surface area (Å²) in [5, 5.41) is 4.22. The number of nitrogens with one attached hydrogen (secondary N) is 1. The van der Waals surface area contributed by atoms with Gasteiger partial charge in [0, 0.05) is 30.3 Å². The Morgan fingerprint density at radius 3 is 2.65 bits per heavy atom. The number of fused-ring (bicyclic) bond motifs is 1. The second-order valence-corrected chi connectivity index (χ2v) is 8.65. The first-order valence-corrected chi connectivity index (χ1v) is 11.5. The van der Waals surface area contributed by atoms with Crippen molar-refractivity contribution >= 4 is 28.1 Å². The Hall–Kier alpha value is -2.84. The van der Waals surface area contributed by atoms with Gasteiger partial charge in [-0.15, -0.1) is 0 Å². The maximum Gasteiger partial charge on any atom is 0.210 e. The van der Waals surface area contributed by atoms with E-state index >= 15 is 0 Å². The van der Waals surface area contributed by atoms with Crippen molar-refractivity contribution in [3.63, 3.8) is 0 Å². The number of hydrogen-bond acceptors (Lipinski definition) is 6. The number of benzene rings is 1. The number of piperidine rings is 1. The maximum atomic E-state index is 13.3. The Bertz CT molecular complexity index is 1190. The van der Waals surface area contributed by atoms with Crippen LogP contribution in [0.1, 0.15) is 36.9 Å². The number of aromatic nitrogens is 4. The lowest BCUT2D eigenvalue weighted by atomic mass is 9.91. The SMILES string of the molecule is CCc1nc2ccc(C3CCNCC3)cn2c1N(C)c1nc(-c2ccc(F)cc2)ns1. The summed E-state index contributed by atoms with van der Waals surface area (Å²) in [5.74, 6) is 1.94. The molecule has 4 heterocycles. The number of rotatable bonds is 5. The number of nitrogens with zero attached hydrogens (tertiary/aromatic N) is 5. The Morgan fingerprint density at radius 2 is 1.90 bits per heavy atom. The van der Waals surface area contributed by atoms with Crippen LogP contribution in [0.25, 0.3) is 17.0 Å². The van der Waals surface area contributed by atoms with Crippen LogP contribution in [0.2, 0.25) is 0 Å². The highest BCUT2D eigenvalue weighted by atomic mass is 32.1. The number of hydrogen-bond donors (Lipinski definition) is 1. The van der Waals surface area contributed by atoms with E-state index < -0.39 is 0 Å². The summed E-state index contributed by atoms with van der Waals surface area (Å²) in [5.41, 5.74) is 4.13. The fourth-order valence-electron chi connectivity index (χ4n) is 4.25. The normalized spacial score (nSPS) is 14.9. The molecule has 160 valence electrons. The van der Waals surface area contributed by atoms with Crippen LogP contribution in [0.4, 0.5) is 15.3 Å². The predicted molar refractivity (Wildman–Crippen MR) is 123 cm³/mol. The van der Waals surface area contributed by atoms with E-state index in [1.54, 1.807) is 12.1 Å². The van der Waals surface area contributed by atoms with Gasteiger partial charge >= 0.3 is 0 Å². The molecule has 0 saturated carbocycles. The van der Waals surface area contributed by atoms with Crippen molar-refractivity contribution in [2.75, 3.05) is 25.0 Å². The fraction of sp³-hybridized carbons (Fsp3) is 0.348. The van der Waals surface area contributed by atoms with Gasteiger partial charge < -0.3 is 10.2 Å². The quantitative estimate of drug-likeness (QED) is 0.488. The Balaban J connectivity index is 1.53. The van der Waals surface area contributed by atoms with Crippen LogP contribution in [0.15, 0.2) is 42.6 Å². The summed E-state index contributed by atoms with van der Waals surface area (Å²) in [7, 11) is 2.01. The molecule has 8 heteroatoms.